The highest BCUT2D eigenvalue weighted by molar-refractivity contribution is 7.99. The number of nitrogens with one attached hydrogen (secondary N) is 2. The Hall–Kier alpha value is -0.220. The van der Waals surface area contributed by atoms with E-state index in [9.17, 15) is 4.79 Å². The number of amides is 1. The van der Waals surface area contributed by atoms with Crippen LogP contribution in [0.15, 0.2) is 0 Å². The van der Waals surface area contributed by atoms with Gasteiger partial charge < -0.3 is 10.6 Å². The van der Waals surface area contributed by atoms with E-state index in [0.29, 0.717) is 6.04 Å². The maximum absolute atomic E-state index is 11.3. The molecule has 1 saturated heterocycles. The average Bonchev–Trinajstić information content (AvgIpc) is 2.55. The van der Waals surface area contributed by atoms with E-state index in [1.54, 1.807) is 7.05 Å². The van der Waals surface area contributed by atoms with Crippen molar-refractivity contribution in [3.8, 4) is 0 Å². The molecule has 3 nitrogen and oxygen atoms in total. The molecule has 0 aromatic heterocycles. The van der Waals surface area contributed by atoms with Crippen molar-refractivity contribution in [1.29, 1.82) is 0 Å². The maximum Gasteiger partial charge on any atom is 0.237 e. The van der Waals surface area contributed by atoms with Gasteiger partial charge in [-0.05, 0) is 26.1 Å². The second kappa shape index (κ2) is 4.72. The minimum atomic E-state index is -0.0735. The Labute approximate surface area is 77.7 Å². The molecule has 0 aliphatic carbocycles. The van der Waals surface area contributed by atoms with Crippen molar-refractivity contribution in [3.05, 3.63) is 0 Å². The molecule has 1 aliphatic rings. The second-order valence-corrected chi connectivity index (χ2v) is 4.23. The van der Waals surface area contributed by atoms with Crippen LogP contribution < -0.4 is 10.6 Å². The van der Waals surface area contributed by atoms with Gasteiger partial charge in [-0.1, -0.05) is 0 Å². The molecule has 1 heterocycles. The molecule has 0 saturated carbocycles. The molecule has 1 fully saturated rings. The third-order valence-electron chi connectivity index (χ3n) is 2.10. The Balaban J connectivity index is 2.25. The first-order valence-corrected chi connectivity index (χ1v) is 5.45. The third-order valence-corrected chi connectivity index (χ3v) is 3.26. The summed E-state index contributed by atoms with van der Waals surface area (Å²) in [5.41, 5.74) is 0. The second-order valence-electron chi connectivity index (χ2n) is 3.08. The van der Waals surface area contributed by atoms with Crippen molar-refractivity contribution in [2.24, 2.45) is 0 Å². The van der Waals surface area contributed by atoms with Crippen LogP contribution in [0.2, 0.25) is 0 Å². The molecule has 1 rings (SSSR count). The quantitative estimate of drug-likeness (QED) is 0.665. The lowest BCUT2D eigenvalue weighted by atomic mass is 10.2. The van der Waals surface area contributed by atoms with Gasteiger partial charge in [0.1, 0.15) is 0 Å². The summed E-state index contributed by atoms with van der Waals surface area (Å²) in [4.78, 5) is 11.3. The molecular formula is C8H16N2OS. The summed E-state index contributed by atoms with van der Waals surface area (Å²) in [5, 5.41) is 5.93. The van der Waals surface area contributed by atoms with Crippen molar-refractivity contribution in [3.63, 3.8) is 0 Å². The Morgan fingerprint density at radius 1 is 1.67 bits per heavy atom. The maximum atomic E-state index is 11.3. The van der Waals surface area contributed by atoms with Crippen LogP contribution in [0, 0.1) is 0 Å². The fourth-order valence-electron chi connectivity index (χ4n) is 1.11. The van der Waals surface area contributed by atoms with Gasteiger partial charge >= 0.3 is 0 Å². The lowest BCUT2D eigenvalue weighted by Crippen LogP contribution is -2.45. The van der Waals surface area contributed by atoms with Gasteiger partial charge in [0.25, 0.3) is 0 Å². The minimum Gasteiger partial charge on any atom is -0.351 e. The van der Waals surface area contributed by atoms with Gasteiger partial charge in [0, 0.05) is 11.8 Å². The number of carbonyl (C=O) groups is 1. The van der Waals surface area contributed by atoms with Crippen molar-refractivity contribution in [2.75, 3.05) is 18.6 Å². The van der Waals surface area contributed by atoms with Crippen molar-refractivity contribution in [2.45, 2.75) is 25.4 Å². The molecule has 1 aliphatic heterocycles. The van der Waals surface area contributed by atoms with Crippen LogP contribution in [0.5, 0.6) is 0 Å². The summed E-state index contributed by atoms with van der Waals surface area (Å²) >= 11 is 1.91. The molecule has 2 unspecified atom stereocenters. The largest absolute Gasteiger partial charge is 0.351 e. The van der Waals surface area contributed by atoms with E-state index in [2.05, 4.69) is 10.6 Å². The highest BCUT2D eigenvalue weighted by Gasteiger charge is 2.19. The zero-order valence-electron chi connectivity index (χ0n) is 7.59. The SMILES string of the molecule is CNC(C)C(=O)NC1CCSC1. The van der Waals surface area contributed by atoms with Gasteiger partial charge in [-0.25, -0.2) is 0 Å². The lowest BCUT2D eigenvalue weighted by molar-refractivity contribution is -0.123. The summed E-state index contributed by atoms with van der Waals surface area (Å²) in [7, 11) is 1.80. The van der Waals surface area contributed by atoms with Gasteiger partial charge in [-0.3, -0.25) is 4.79 Å². The normalized spacial score (nSPS) is 25.3. The number of hydrogen-bond donors (Lipinski definition) is 2. The topological polar surface area (TPSA) is 41.1 Å². The van der Waals surface area contributed by atoms with E-state index in [1.807, 2.05) is 18.7 Å². The molecule has 0 bridgehead atoms. The summed E-state index contributed by atoms with van der Waals surface area (Å²) < 4.78 is 0. The van der Waals surface area contributed by atoms with Crippen molar-refractivity contribution in [1.82, 2.24) is 10.6 Å². The van der Waals surface area contributed by atoms with Crippen LogP contribution in [0.3, 0.4) is 0 Å². The number of likely N-dealkylation sites (N-methyl/N-ethyl adjacent to an activating group) is 1. The molecule has 70 valence electrons. The minimum absolute atomic E-state index is 0.0735. The van der Waals surface area contributed by atoms with E-state index in [1.165, 1.54) is 5.75 Å². The molecule has 1 amide bonds. The van der Waals surface area contributed by atoms with Gasteiger partial charge in [-0.2, -0.15) is 11.8 Å². The smallest absolute Gasteiger partial charge is 0.237 e. The number of hydrogen-bond acceptors (Lipinski definition) is 3. The van der Waals surface area contributed by atoms with E-state index in [4.69, 9.17) is 0 Å². The first-order valence-electron chi connectivity index (χ1n) is 4.29. The average molecular weight is 188 g/mol. The number of thioether (sulfide) groups is 1. The van der Waals surface area contributed by atoms with Crippen LogP contribution in [0.25, 0.3) is 0 Å². The predicted molar refractivity (Wildman–Crippen MR) is 52.4 cm³/mol. The molecule has 0 aromatic rings. The summed E-state index contributed by atoms with van der Waals surface area (Å²) in [5.74, 6) is 2.37. The molecule has 12 heavy (non-hydrogen) atoms. The highest BCUT2D eigenvalue weighted by Crippen LogP contribution is 2.16. The summed E-state index contributed by atoms with van der Waals surface area (Å²) in [6.45, 7) is 1.87. The molecular weight excluding hydrogens is 172 g/mol. The van der Waals surface area contributed by atoms with Gasteiger partial charge in [0.15, 0.2) is 0 Å². The van der Waals surface area contributed by atoms with Gasteiger partial charge in [0.05, 0.1) is 6.04 Å². The molecule has 2 atom stereocenters. The summed E-state index contributed by atoms with van der Waals surface area (Å²) in [6, 6.07) is 0.328. The number of rotatable bonds is 3. The van der Waals surface area contributed by atoms with E-state index >= 15 is 0 Å². The fraction of sp³-hybridized carbons (Fsp3) is 0.875. The van der Waals surface area contributed by atoms with Crippen molar-refractivity contribution < 1.29 is 4.79 Å². The van der Waals surface area contributed by atoms with Crippen LogP contribution >= 0.6 is 11.8 Å². The van der Waals surface area contributed by atoms with Crippen LogP contribution in [-0.4, -0.2) is 36.5 Å². The van der Waals surface area contributed by atoms with Crippen LogP contribution in [0.1, 0.15) is 13.3 Å². The zero-order chi connectivity index (χ0) is 8.97. The third kappa shape index (κ3) is 2.68. The van der Waals surface area contributed by atoms with E-state index < -0.39 is 0 Å². The Morgan fingerprint density at radius 2 is 2.42 bits per heavy atom. The predicted octanol–water partition coefficient (Wildman–Crippen LogP) is 0.216. The van der Waals surface area contributed by atoms with Crippen molar-refractivity contribution >= 4 is 17.7 Å². The Bertz CT molecular complexity index is 157. The lowest BCUT2D eigenvalue weighted by Gasteiger charge is -2.15. The Morgan fingerprint density at radius 3 is 2.92 bits per heavy atom. The Kier molecular flexibility index (Phi) is 3.88. The standard InChI is InChI=1S/C8H16N2OS/c1-6(9-2)8(11)10-7-3-4-12-5-7/h6-7,9H,3-5H2,1-2H3,(H,10,11). The monoisotopic (exact) mass is 188 g/mol. The van der Waals surface area contributed by atoms with Gasteiger partial charge in [0.2, 0.25) is 5.91 Å². The molecule has 4 heteroatoms. The first kappa shape index (κ1) is 9.86. The van der Waals surface area contributed by atoms with E-state index in [-0.39, 0.29) is 11.9 Å². The molecule has 0 aromatic carbocycles. The van der Waals surface area contributed by atoms with Crippen LogP contribution in [0.4, 0.5) is 0 Å². The van der Waals surface area contributed by atoms with E-state index in [0.717, 1.165) is 12.2 Å². The fourth-order valence-corrected chi connectivity index (χ4v) is 2.26. The zero-order valence-corrected chi connectivity index (χ0v) is 8.41. The molecule has 0 radical (unpaired) electrons. The number of carbonyl (C=O) groups excluding carboxylic acids is 1. The summed E-state index contributed by atoms with van der Waals surface area (Å²) in [6.07, 6.45) is 1.12. The van der Waals surface area contributed by atoms with Crippen LogP contribution in [-0.2, 0) is 4.79 Å². The molecule has 2 N–H and O–H groups in total. The first-order chi connectivity index (χ1) is 5.74. The van der Waals surface area contributed by atoms with Gasteiger partial charge in [-0.15, -0.1) is 0 Å². The highest BCUT2D eigenvalue weighted by atomic mass is 32.2. The molecule has 0 spiro atoms.